The average molecular weight is 484 g/mol. The minimum absolute atomic E-state index is 0.0346. The third kappa shape index (κ3) is 4.36. The van der Waals surface area contributed by atoms with Gasteiger partial charge in [-0.1, -0.05) is 23.7 Å². The minimum Gasteiger partial charge on any atom is -0.379 e. The molecule has 174 valence electrons. The number of nitrogens with two attached hydrogens (primary N) is 1. The molecule has 0 saturated carbocycles. The predicted octanol–water partition coefficient (Wildman–Crippen LogP) is 2.45. The number of carbonyl (C=O) groups excluding carboxylic acids is 1. The van der Waals surface area contributed by atoms with Gasteiger partial charge in [-0.15, -0.1) is 0 Å². The molecule has 0 bridgehead atoms. The number of hydrazone groups is 1. The molecule has 0 aliphatic rings. The SMILES string of the molecule is CN(C)c1cc(Cl)c(/C=N\NC(=O)Cn2c(-c3nonc3N)nc3ccccc32)cc1[N+](=O)[O-]. The molecule has 1 amide bonds. The van der Waals surface area contributed by atoms with E-state index in [-0.39, 0.29) is 34.3 Å². The molecule has 0 fully saturated rings. The van der Waals surface area contributed by atoms with Crippen molar-refractivity contribution in [3.63, 3.8) is 0 Å². The first kappa shape index (κ1) is 22.7. The number of halogens is 1. The van der Waals surface area contributed by atoms with Crippen molar-refractivity contribution in [2.75, 3.05) is 24.7 Å². The van der Waals surface area contributed by atoms with Crippen LogP contribution >= 0.6 is 11.6 Å². The Hall–Kier alpha value is -4.52. The summed E-state index contributed by atoms with van der Waals surface area (Å²) in [5.74, 6) is -0.157. The maximum Gasteiger partial charge on any atom is 0.293 e. The first-order valence-corrected chi connectivity index (χ1v) is 10.1. The van der Waals surface area contributed by atoms with Gasteiger partial charge in [0.25, 0.3) is 11.6 Å². The number of benzene rings is 2. The Morgan fingerprint density at radius 1 is 1.35 bits per heavy atom. The lowest BCUT2D eigenvalue weighted by Gasteiger charge is -2.13. The van der Waals surface area contributed by atoms with Crippen LogP contribution in [0.4, 0.5) is 17.2 Å². The zero-order valence-electron chi connectivity index (χ0n) is 18.0. The number of imidazole rings is 1. The summed E-state index contributed by atoms with van der Waals surface area (Å²) in [7, 11) is 3.34. The second-order valence-electron chi connectivity index (χ2n) is 7.32. The lowest BCUT2D eigenvalue weighted by Crippen LogP contribution is -2.23. The highest BCUT2D eigenvalue weighted by molar-refractivity contribution is 6.33. The number of nitrogen functional groups attached to an aromatic ring is 1. The van der Waals surface area contributed by atoms with Crippen molar-refractivity contribution in [1.82, 2.24) is 25.3 Å². The molecule has 2 aromatic carbocycles. The van der Waals surface area contributed by atoms with E-state index in [1.807, 2.05) is 6.07 Å². The number of nitrogens with zero attached hydrogens (tertiary/aromatic N) is 7. The van der Waals surface area contributed by atoms with Crippen LogP contribution in [0.25, 0.3) is 22.6 Å². The summed E-state index contributed by atoms with van der Waals surface area (Å²) in [5, 5.41) is 22.9. The molecule has 0 atom stereocenters. The fraction of sp³-hybridized carbons (Fsp3) is 0.150. The van der Waals surface area contributed by atoms with Crippen LogP contribution in [0.5, 0.6) is 0 Å². The number of nitrogens with one attached hydrogen (secondary N) is 1. The van der Waals surface area contributed by atoms with Gasteiger partial charge in [-0.05, 0) is 28.5 Å². The van der Waals surface area contributed by atoms with Gasteiger partial charge in [0.15, 0.2) is 17.3 Å². The molecule has 2 heterocycles. The third-order valence-electron chi connectivity index (χ3n) is 4.85. The standard InChI is InChI=1S/C20H18ClN9O4/c1-28(2)15-8-12(21)11(7-16(15)30(32)33)9-23-25-17(31)10-29-14-6-4-3-5-13(14)24-20(29)18-19(22)27-34-26-18/h3-9H,10H2,1-2H3,(H2,22,27)(H,25,31)/b23-9-. The number of anilines is 2. The zero-order chi connectivity index (χ0) is 24.4. The highest BCUT2D eigenvalue weighted by atomic mass is 35.5. The molecule has 0 saturated heterocycles. The van der Waals surface area contributed by atoms with E-state index in [1.54, 1.807) is 41.8 Å². The summed E-state index contributed by atoms with van der Waals surface area (Å²) in [5.41, 5.74) is 10.2. The summed E-state index contributed by atoms with van der Waals surface area (Å²) in [6.07, 6.45) is 1.24. The first-order chi connectivity index (χ1) is 16.3. The highest BCUT2D eigenvalue weighted by Crippen LogP contribution is 2.32. The number of para-hydroxylation sites is 2. The molecular weight excluding hydrogens is 466 g/mol. The smallest absolute Gasteiger partial charge is 0.293 e. The third-order valence-corrected chi connectivity index (χ3v) is 5.17. The fourth-order valence-corrected chi connectivity index (χ4v) is 3.50. The van der Waals surface area contributed by atoms with Crippen molar-refractivity contribution in [3.05, 3.63) is 57.1 Å². The maximum absolute atomic E-state index is 12.6. The van der Waals surface area contributed by atoms with Crippen molar-refractivity contribution >= 4 is 51.9 Å². The molecule has 3 N–H and O–H groups in total. The molecule has 0 spiro atoms. The molecule has 4 aromatic rings. The molecule has 0 aliphatic carbocycles. The largest absolute Gasteiger partial charge is 0.379 e. The molecule has 13 nitrogen and oxygen atoms in total. The van der Waals surface area contributed by atoms with Gasteiger partial charge in [0, 0.05) is 25.7 Å². The van der Waals surface area contributed by atoms with Crippen molar-refractivity contribution < 1.29 is 14.3 Å². The lowest BCUT2D eigenvalue weighted by molar-refractivity contribution is -0.384. The quantitative estimate of drug-likeness (QED) is 0.227. The molecule has 2 aromatic heterocycles. The molecule has 14 heteroatoms. The van der Waals surface area contributed by atoms with Gasteiger partial charge >= 0.3 is 0 Å². The van der Waals surface area contributed by atoms with Crippen molar-refractivity contribution in [2.45, 2.75) is 6.54 Å². The van der Waals surface area contributed by atoms with Crippen LogP contribution in [-0.2, 0) is 11.3 Å². The minimum atomic E-state index is -0.516. The lowest BCUT2D eigenvalue weighted by atomic mass is 10.1. The number of rotatable bonds is 7. The Balaban J connectivity index is 1.57. The van der Waals surface area contributed by atoms with Crippen LogP contribution in [-0.4, -0.2) is 51.0 Å². The van der Waals surface area contributed by atoms with Crippen LogP contribution in [0.3, 0.4) is 0 Å². The Bertz CT molecular complexity index is 1430. The fourth-order valence-electron chi connectivity index (χ4n) is 3.29. The van der Waals surface area contributed by atoms with Gasteiger partial charge in [0.05, 0.1) is 27.2 Å². The molecular formula is C20H18ClN9O4. The van der Waals surface area contributed by atoms with Gasteiger partial charge in [-0.2, -0.15) is 5.10 Å². The number of hydrogen-bond acceptors (Lipinski definition) is 10. The summed E-state index contributed by atoms with van der Waals surface area (Å²) >= 11 is 6.24. The van der Waals surface area contributed by atoms with Gasteiger partial charge in [0.2, 0.25) is 0 Å². The number of fused-ring (bicyclic) bond motifs is 1. The Morgan fingerprint density at radius 2 is 2.12 bits per heavy atom. The number of aromatic nitrogens is 4. The second kappa shape index (κ2) is 9.15. The van der Waals surface area contributed by atoms with Gasteiger partial charge in [-0.25, -0.2) is 15.0 Å². The van der Waals surface area contributed by atoms with E-state index in [9.17, 15) is 14.9 Å². The van der Waals surface area contributed by atoms with Gasteiger partial charge < -0.3 is 15.2 Å². The molecule has 0 aliphatic heterocycles. The first-order valence-electron chi connectivity index (χ1n) is 9.77. The van der Waals surface area contributed by atoms with Gasteiger partial charge in [-0.3, -0.25) is 14.9 Å². The predicted molar refractivity (Wildman–Crippen MR) is 126 cm³/mol. The molecule has 34 heavy (non-hydrogen) atoms. The Kier molecular flexibility index (Phi) is 6.10. The topological polar surface area (TPSA) is 171 Å². The van der Waals surface area contributed by atoms with Crippen LogP contribution in [0.2, 0.25) is 5.02 Å². The van der Waals surface area contributed by atoms with E-state index in [1.165, 1.54) is 18.3 Å². The van der Waals surface area contributed by atoms with Crippen LogP contribution < -0.4 is 16.1 Å². The second-order valence-corrected chi connectivity index (χ2v) is 7.72. The summed E-state index contributed by atoms with van der Waals surface area (Å²) < 4.78 is 6.26. The van der Waals surface area contributed by atoms with Crippen molar-refractivity contribution in [1.29, 1.82) is 0 Å². The molecule has 0 unspecified atom stereocenters. The summed E-state index contributed by atoms with van der Waals surface area (Å²) in [6, 6.07) is 9.93. The van der Waals surface area contributed by atoms with E-state index in [0.717, 1.165) is 0 Å². The van der Waals surface area contributed by atoms with E-state index in [0.29, 0.717) is 22.5 Å². The highest BCUT2D eigenvalue weighted by Gasteiger charge is 2.21. The summed E-state index contributed by atoms with van der Waals surface area (Å²) in [6.45, 7) is -0.174. The number of carbonyl (C=O) groups is 1. The van der Waals surface area contributed by atoms with Crippen LogP contribution in [0, 0.1) is 10.1 Å². The maximum atomic E-state index is 12.6. The van der Waals surface area contributed by atoms with Crippen molar-refractivity contribution in [3.8, 4) is 11.5 Å². The Labute approximate surface area is 196 Å². The number of nitro groups is 1. The number of amides is 1. The van der Waals surface area contributed by atoms with Crippen LogP contribution in [0.15, 0.2) is 46.1 Å². The molecule has 4 rings (SSSR count). The zero-order valence-corrected chi connectivity index (χ0v) is 18.7. The van der Waals surface area contributed by atoms with E-state index in [2.05, 4.69) is 30.5 Å². The van der Waals surface area contributed by atoms with E-state index < -0.39 is 10.8 Å². The number of hydrogen-bond donors (Lipinski definition) is 2. The Morgan fingerprint density at radius 3 is 2.79 bits per heavy atom. The normalized spacial score (nSPS) is 11.3. The van der Waals surface area contributed by atoms with Crippen LogP contribution in [0.1, 0.15) is 5.56 Å². The summed E-state index contributed by atoms with van der Waals surface area (Å²) in [4.78, 5) is 29.6. The molecule has 0 radical (unpaired) electrons. The monoisotopic (exact) mass is 483 g/mol. The van der Waals surface area contributed by atoms with Gasteiger partial charge in [0.1, 0.15) is 12.2 Å². The van der Waals surface area contributed by atoms with Crippen molar-refractivity contribution in [2.24, 2.45) is 5.10 Å². The van der Waals surface area contributed by atoms with E-state index >= 15 is 0 Å². The van der Waals surface area contributed by atoms with E-state index in [4.69, 9.17) is 17.3 Å². The number of nitro benzene ring substituents is 1. The average Bonchev–Trinajstić information content (AvgIpc) is 3.37.